The van der Waals surface area contributed by atoms with E-state index in [1.165, 1.54) is 0 Å². The Morgan fingerprint density at radius 3 is 2.76 bits per heavy atom. The molecule has 2 N–H and O–H groups in total. The highest BCUT2D eigenvalue weighted by Crippen LogP contribution is 2.33. The highest BCUT2D eigenvalue weighted by Gasteiger charge is 2.34. The number of halogens is 1. The van der Waals surface area contributed by atoms with E-state index in [2.05, 4.69) is 15.7 Å². The Bertz CT molecular complexity index is 1540. The summed E-state index contributed by atoms with van der Waals surface area (Å²) in [6.07, 6.45) is 1.22. The Kier molecular flexibility index (Phi) is 7.09. The lowest BCUT2D eigenvalue weighted by Crippen LogP contribution is -2.46. The second-order valence-electron chi connectivity index (χ2n) is 9.20. The molecule has 3 heterocycles. The Labute approximate surface area is 219 Å². The highest BCUT2D eigenvalue weighted by molar-refractivity contribution is 7.86. The predicted octanol–water partition coefficient (Wildman–Crippen LogP) is 4.34. The van der Waals surface area contributed by atoms with Gasteiger partial charge in [0, 0.05) is 39.3 Å². The lowest BCUT2D eigenvalue weighted by Gasteiger charge is -2.21. The molecule has 1 aliphatic rings. The maximum Gasteiger partial charge on any atom is 0.265 e. The standard InChI is InChI=1S/C26H27ClN4O5S/c1-16-11-23(29-26(32)25(36-37(2,33)34)21-9-6-10-28-21)30-31(16)15-19-13-20(27)12-18-14-22(35-24(18)19)17-7-4-3-5-8-17/h3-5,7-8,11-14,21,25,28H,6,9-10,15H2,1-2H3,(H,29,30,32)/t21-,25?/m1/s1. The fourth-order valence-corrected chi connectivity index (χ4v) is 5.44. The van der Waals surface area contributed by atoms with Gasteiger partial charge in [-0.2, -0.15) is 13.5 Å². The quantitative estimate of drug-likeness (QED) is 0.318. The van der Waals surface area contributed by atoms with Crippen molar-refractivity contribution in [2.75, 3.05) is 18.1 Å². The van der Waals surface area contributed by atoms with Gasteiger partial charge in [0.15, 0.2) is 11.9 Å². The zero-order valence-electron chi connectivity index (χ0n) is 20.4. The molecule has 1 amide bonds. The molecule has 4 aromatic rings. The number of carbonyl (C=O) groups is 1. The molecule has 1 aliphatic heterocycles. The zero-order chi connectivity index (χ0) is 26.2. The van der Waals surface area contributed by atoms with Gasteiger partial charge in [0.1, 0.15) is 11.3 Å². The third-order valence-corrected chi connectivity index (χ3v) is 7.04. The smallest absolute Gasteiger partial charge is 0.265 e. The molecular weight excluding hydrogens is 516 g/mol. The summed E-state index contributed by atoms with van der Waals surface area (Å²) in [6.45, 7) is 2.92. The molecule has 5 rings (SSSR count). The van der Waals surface area contributed by atoms with Crippen molar-refractivity contribution < 1.29 is 21.8 Å². The number of furan rings is 1. The first-order chi connectivity index (χ1) is 17.7. The van der Waals surface area contributed by atoms with Gasteiger partial charge in [0.25, 0.3) is 16.0 Å². The van der Waals surface area contributed by atoms with Crippen LogP contribution in [0.1, 0.15) is 24.1 Å². The predicted molar refractivity (Wildman–Crippen MR) is 142 cm³/mol. The third kappa shape index (κ3) is 5.88. The number of nitrogens with one attached hydrogen (secondary N) is 2. The molecule has 194 valence electrons. The average molecular weight is 543 g/mol. The minimum absolute atomic E-state index is 0.297. The molecule has 9 nitrogen and oxygen atoms in total. The second kappa shape index (κ2) is 10.3. The number of anilines is 1. The SMILES string of the molecule is Cc1cc(NC(=O)C(OS(C)(=O)=O)[C@H]2CCCN2)nn1Cc1cc(Cl)cc2cc(-c3ccccc3)oc12. The van der Waals surface area contributed by atoms with Crippen LogP contribution in [0.5, 0.6) is 0 Å². The third-order valence-electron chi connectivity index (χ3n) is 6.27. The van der Waals surface area contributed by atoms with Crippen LogP contribution in [0.3, 0.4) is 0 Å². The van der Waals surface area contributed by atoms with Gasteiger partial charge < -0.3 is 15.1 Å². The summed E-state index contributed by atoms with van der Waals surface area (Å²) in [6, 6.07) is 16.8. The minimum atomic E-state index is -3.83. The van der Waals surface area contributed by atoms with Gasteiger partial charge in [0.2, 0.25) is 0 Å². The number of nitrogens with zero attached hydrogens (tertiary/aromatic N) is 2. The summed E-state index contributed by atoms with van der Waals surface area (Å²) in [5.74, 6) is 0.463. The largest absolute Gasteiger partial charge is 0.456 e. The summed E-state index contributed by atoms with van der Waals surface area (Å²) in [5, 5.41) is 11.8. The molecule has 11 heteroatoms. The van der Waals surface area contributed by atoms with Gasteiger partial charge in [-0.05, 0) is 44.5 Å². The van der Waals surface area contributed by atoms with Crippen LogP contribution >= 0.6 is 11.6 Å². The van der Waals surface area contributed by atoms with E-state index >= 15 is 0 Å². The van der Waals surface area contributed by atoms with E-state index in [0.717, 1.165) is 40.6 Å². The number of benzene rings is 2. The summed E-state index contributed by atoms with van der Waals surface area (Å²) in [4.78, 5) is 13.0. The van der Waals surface area contributed by atoms with Crippen molar-refractivity contribution in [1.29, 1.82) is 0 Å². The first kappa shape index (κ1) is 25.5. The summed E-state index contributed by atoms with van der Waals surface area (Å²) < 4.78 is 36.6. The molecule has 37 heavy (non-hydrogen) atoms. The van der Waals surface area contributed by atoms with Gasteiger partial charge >= 0.3 is 0 Å². The van der Waals surface area contributed by atoms with Crippen molar-refractivity contribution in [2.45, 2.75) is 38.5 Å². The summed E-state index contributed by atoms with van der Waals surface area (Å²) in [5.41, 5.74) is 3.29. The number of rotatable bonds is 8. The van der Waals surface area contributed by atoms with Crippen molar-refractivity contribution in [3.05, 3.63) is 70.9 Å². The number of aromatic nitrogens is 2. The van der Waals surface area contributed by atoms with Crippen molar-refractivity contribution in [2.24, 2.45) is 0 Å². The van der Waals surface area contributed by atoms with E-state index < -0.39 is 28.2 Å². The van der Waals surface area contributed by atoms with Crippen LogP contribution in [-0.4, -0.2) is 49.1 Å². The van der Waals surface area contributed by atoms with Crippen LogP contribution in [0, 0.1) is 6.92 Å². The van der Waals surface area contributed by atoms with Gasteiger partial charge in [-0.1, -0.05) is 41.9 Å². The lowest BCUT2D eigenvalue weighted by molar-refractivity contribution is -0.123. The topological polar surface area (TPSA) is 115 Å². The molecule has 0 saturated carbocycles. The minimum Gasteiger partial charge on any atom is -0.456 e. The first-order valence-corrected chi connectivity index (χ1v) is 14.1. The molecule has 1 fully saturated rings. The van der Waals surface area contributed by atoms with Crippen LogP contribution in [0.15, 0.2) is 59.0 Å². The monoisotopic (exact) mass is 542 g/mol. The zero-order valence-corrected chi connectivity index (χ0v) is 22.0. The maximum atomic E-state index is 13.0. The molecule has 1 saturated heterocycles. The van der Waals surface area contributed by atoms with Crippen LogP contribution in [0.2, 0.25) is 5.02 Å². The van der Waals surface area contributed by atoms with Crippen LogP contribution in [0.4, 0.5) is 5.82 Å². The van der Waals surface area contributed by atoms with E-state index in [-0.39, 0.29) is 0 Å². The number of hydrogen-bond acceptors (Lipinski definition) is 7. The van der Waals surface area contributed by atoms with Crippen molar-refractivity contribution in [3.8, 4) is 11.3 Å². The second-order valence-corrected chi connectivity index (χ2v) is 11.2. The lowest BCUT2D eigenvalue weighted by atomic mass is 10.1. The Morgan fingerprint density at radius 1 is 1.27 bits per heavy atom. The van der Waals surface area contributed by atoms with Crippen LogP contribution in [-0.2, 0) is 25.6 Å². The molecule has 2 aromatic carbocycles. The highest BCUT2D eigenvalue weighted by atomic mass is 35.5. The summed E-state index contributed by atoms with van der Waals surface area (Å²) in [7, 11) is -3.83. The number of aryl methyl sites for hydroxylation is 1. The van der Waals surface area contributed by atoms with Gasteiger partial charge in [0.05, 0.1) is 12.8 Å². The van der Waals surface area contributed by atoms with Crippen LogP contribution < -0.4 is 10.6 Å². The van der Waals surface area contributed by atoms with E-state index in [0.29, 0.717) is 35.9 Å². The van der Waals surface area contributed by atoms with Gasteiger partial charge in [-0.3, -0.25) is 13.7 Å². The molecule has 0 radical (unpaired) electrons. The van der Waals surface area contributed by atoms with E-state index in [1.54, 1.807) is 10.7 Å². The Hall–Kier alpha value is -3.18. The van der Waals surface area contributed by atoms with Crippen LogP contribution in [0.25, 0.3) is 22.3 Å². The average Bonchev–Trinajstić information content (AvgIpc) is 3.58. The number of fused-ring (bicyclic) bond motifs is 1. The molecule has 2 atom stereocenters. The molecule has 0 aliphatic carbocycles. The van der Waals surface area contributed by atoms with Crippen molar-refractivity contribution in [3.63, 3.8) is 0 Å². The Morgan fingerprint density at radius 2 is 2.05 bits per heavy atom. The fraction of sp³-hybridized carbons (Fsp3) is 0.308. The first-order valence-electron chi connectivity index (χ1n) is 11.9. The van der Waals surface area contributed by atoms with E-state index in [9.17, 15) is 13.2 Å². The molecule has 2 aromatic heterocycles. The normalized spacial score (nSPS) is 16.8. The number of hydrogen-bond donors (Lipinski definition) is 2. The fourth-order valence-electron chi connectivity index (χ4n) is 4.59. The molecule has 0 bridgehead atoms. The number of carbonyl (C=O) groups excluding carboxylic acids is 1. The van der Waals surface area contributed by atoms with Crippen molar-refractivity contribution in [1.82, 2.24) is 15.1 Å². The van der Waals surface area contributed by atoms with Gasteiger partial charge in [-0.15, -0.1) is 0 Å². The summed E-state index contributed by atoms with van der Waals surface area (Å²) >= 11 is 6.41. The van der Waals surface area contributed by atoms with Crippen molar-refractivity contribution >= 4 is 44.4 Å². The molecular formula is C26H27ClN4O5S. The van der Waals surface area contributed by atoms with E-state index in [1.807, 2.05) is 55.5 Å². The number of amides is 1. The Balaban J connectivity index is 1.39. The molecule has 0 spiro atoms. The molecule has 1 unspecified atom stereocenters. The van der Waals surface area contributed by atoms with E-state index in [4.69, 9.17) is 20.2 Å². The maximum absolute atomic E-state index is 13.0. The van der Waals surface area contributed by atoms with Gasteiger partial charge in [-0.25, -0.2) is 0 Å².